The van der Waals surface area contributed by atoms with Gasteiger partial charge < -0.3 is 15.3 Å². The van der Waals surface area contributed by atoms with E-state index in [-0.39, 0.29) is 0 Å². The molecule has 0 aliphatic carbocycles. The van der Waals surface area contributed by atoms with Gasteiger partial charge in [-0.15, -0.1) is 0 Å². The van der Waals surface area contributed by atoms with Crippen molar-refractivity contribution in [2.45, 2.75) is 12.3 Å². The Labute approximate surface area is 54.7 Å². The van der Waals surface area contributed by atoms with Crippen LogP contribution in [0.15, 0.2) is 0 Å². The summed E-state index contributed by atoms with van der Waals surface area (Å²) in [6.07, 6.45) is -5.25. The monoisotopic (exact) mass is 152 g/mol. The molecule has 0 unspecified atom stereocenters. The van der Waals surface area contributed by atoms with E-state index in [1.807, 2.05) is 0 Å². The summed E-state index contributed by atoms with van der Waals surface area (Å²) in [5, 5.41) is 23.9. The predicted molar refractivity (Wildman–Crippen MR) is 26.2 cm³/mol. The molecule has 0 aliphatic heterocycles. The van der Waals surface area contributed by atoms with E-state index in [0.717, 1.165) is 0 Å². The third kappa shape index (κ3) is 1.98. The lowest BCUT2D eigenvalue weighted by atomic mass is 10.2. The first-order valence-corrected chi connectivity index (χ1v) is 2.24. The molecule has 0 bridgehead atoms. The first kappa shape index (κ1) is 8.83. The lowest BCUT2D eigenvalue weighted by Crippen LogP contribution is -2.36. The van der Waals surface area contributed by atoms with E-state index in [1.54, 1.807) is 0 Å². The first-order chi connectivity index (χ1) is 4.46. The fourth-order valence-corrected chi connectivity index (χ4v) is 0.260. The van der Waals surface area contributed by atoms with Crippen molar-refractivity contribution < 1.29 is 29.3 Å². The van der Waals surface area contributed by atoms with Crippen LogP contribution in [-0.2, 0) is 9.59 Å². The fourth-order valence-electron chi connectivity index (χ4n) is 0.260. The van der Waals surface area contributed by atoms with Crippen LogP contribution in [0.1, 0.15) is 0 Å². The van der Waals surface area contributed by atoms with Crippen LogP contribution >= 0.6 is 0 Å². The number of hydrogen-bond acceptors (Lipinski definition) is 3. The molecule has 0 heterocycles. The average molecular weight is 152 g/mol. The highest BCUT2D eigenvalue weighted by Crippen LogP contribution is 1.98. The van der Waals surface area contributed by atoms with Gasteiger partial charge in [0.2, 0.25) is 6.17 Å². The molecule has 6 heteroatoms. The highest BCUT2D eigenvalue weighted by Gasteiger charge is 2.31. The summed E-state index contributed by atoms with van der Waals surface area (Å²) in [5.41, 5.74) is 0. The minimum absolute atomic E-state index is 1.89. The van der Waals surface area contributed by atoms with Crippen molar-refractivity contribution in [3.8, 4) is 0 Å². The van der Waals surface area contributed by atoms with Crippen LogP contribution in [0.5, 0.6) is 0 Å². The largest absolute Gasteiger partial charge is 0.479 e. The van der Waals surface area contributed by atoms with E-state index in [1.165, 1.54) is 0 Å². The lowest BCUT2D eigenvalue weighted by Gasteiger charge is -2.04. The maximum Gasteiger partial charge on any atom is 0.341 e. The van der Waals surface area contributed by atoms with Gasteiger partial charge >= 0.3 is 11.9 Å². The topological polar surface area (TPSA) is 94.8 Å². The second kappa shape index (κ2) is 3.11. The van der Waals surface area contributed by atoms with Crippen molar-refractivity contribution in [1.29, 1.82) is 0 Å². The van der Waals surface area contributed by atoms with Gasteiger partial charge in [0.15, 0.2) is 6.10 Å². The number of aliphatic carboxylic acids is 2. The Bertz CT molecular complexity index is 138. The van der Waals surface area contributed by atoms with E-state index in [9.17, 15) is 14.0 Å². The zero-order valence-electron chi connectivity index (χ0n) is 4.69. The van der Waals surface area contributed by atoms with Gasteiger partial charge in [0.25, 0.3) is 0 Å². The first-order valence-electron chi connectivity index (χ1n) is 2.24. The molecule has 0 spiro atoms. The smallest absolute Gasteiger partial charge is 0.341 e. The van der Waals surface area contributed by atoms with Crippen molar-refractivity contribution in [3.63, 3.8) is 0 Å². The molecule has 5 nitrogen and oxygen atoms in total. The van der Waals surface area contributed by atoms with Gasteiger partial charge in [0, 0.05) is 0 Å². The van der Waals surface area contributed by atoms with E-state index in [4.69, 9.17) is 15.3 Å². The van der Waals surface area contributed by atoms with Gasteiger partial charge in [-0.3, -0.25) is 0 Å². The molecular formula is C4H5FO5. The van der Waals surface area contributed by atoms with Crippen LogP contribution in [0.3, 0.4) is 0 Å². The van der Waals surface area contributed by atoms with E-state index < -0.39 is 24.2 Å². The molecule has 3 N–H and O–H groups in total. The second-order valence-electron chi connectivity index (χ2n) is 1.52. The molecule has 0 aliphatic rings. The number of carboxylic acid groups (broad SMARTS) is 2. The standard InChI is InChI=1S/C4H5FO5/c5-1(3(7)8)2(6)4(9)10/h1-2,6H,(H,7,8)(H,9,10)/t1-,2-/m0/s1. The summed E-state index contributed by atoms with van der Waals surface area (Å²) in [7, 11) is 0. The van der Waals surface area contributed by atoms with Gasteiger partial charge in [0.05, 0.1) is 0 Å². The SMILES string of the molecule is O=C(O)[C@@H](O)[C@H](F)C(=O)O. The van der Waals surface area contributed by atoms with E-state index in [0.29, 0.717) is 0 Å². The number of aliphatic hydroxyl groups is 1. The van der Waals surface area contributed by atoms with Gasteiger partial charge in [-0.2, -0.15) is 0 Å². The third-order valence-electron chi connectivity index (χ3n) is 0.766. The molecule has 0 aromatic carbocycles. The fraction of sp³-hybridized carbons (Fsp3) is 0.500. The molecule has 0 fully saturated rings. The molecule has 0 saturated carbocycles. The Morgan fingerprint density at radius 1 is 1.20 bits per heavy atom. The summed E-state index contributed by atoms with van der Waals surface area (Å²) >= 11 is 0. The van der Waals surface area contributed by atoms with Gasteiger partial charge in [-0.1, -0.05) is 0 Å². The zero-order valence-corrected chi connectivity index (χ0v) is 4.69. The molecule has 2 atom stereocenters. The number of halogens is 1. The zero-order chi connectivity index (χ0) is 8.31. The summed E-state index contributed by atoms with van der Waals surface area (Å²) in [5.74, 6) is -3.88. The molecule has 0 amide bonds. The predicted octanol–water partition coefficient (Wildman–Crippen LogP) is -1.15. The summed E-state index contributed by atoms with van der Waals surface area (Å²) in [4.78, 5) is 19.3. The maximum atomic E-state index is 11.9. The molecular weight excluding hydrogens is 147 g/mol. The van der Waals surface area contributed by atoms with E-state index in [2.05, 4.69) is 0 Å². The molecule has 0 radical (unpaired) electrons. The molecule has 0 aromatic rings. The highest BCUT2D eigenvalue weighted by atomic mass is 19.1. The minimum atomic E-state index is -2.77. The maximum absolute atomic E-state index is 11.9. The van der Waals surface area contributed by atoms with Crippen LogP contribution in [0.4, 0.5) is 4.39 Å². The molecule has 0 saturated heterocycles. The van der Waals surface area contributed by atoms with Gasteiger partial charge in [-0.05, 0) is 0 Å². The molecule has 10 heavy (non-hydrogen) atoms. The Morgan fingerprint density at radius 2 is 1.60 bits per heavy atom. The quantitative estimate of drug-likeness (QED) is 0.474. The van der Waals surface area contributed by atoms with Crippen LogP contribution in [0, 0.1) is 0 Å². The van der Waals surface area contributed by atoms with Crippen molar-refractivity contribution >= 4 is 11.9 Å². The molecule has 0 rings (SSSR count). The van der Waals surface area contributed by atoms with Crippen molar-refractivity contribution in [2.75, 3.05) is 0 Å². The van der Waals surface area contributed by atoms with Crippen LogP contribution < -0.4 is 0 Å². The number of carboxylic acids is 2. The lowest BCUT2D eigenvalue weighted by molar-refractivity contribution is -0.160. The minimum Gasteiger partial charge on any atom is -0.479 e. The Morgan fingerprint density at radius 3 is 1.70 bits per heavy atom. The molecule has 0 aromatic heterocycles. The number of rotatable bonds is 3. The summed E-state index contributed by atoms with van der Waals surface area (Å²) < 4.78 is 11.9. The van der Waals surface area contributed by atoms with Crippen molar-refractivity contribution in [1.82, 2.24) is 0 Å². The highest BCUT2D eigenvalue weighted by molar-refractivity contribution is 5.83. The van der Waals surface area contributed by atoms with Gasteiger partial charge in [0.1, 0.15) is 0 Å². The Kier molecular flexibility index (Phi) is 2.75. The van der Waals surface area contributed by atoms with Crippen LogP contribution in [0.25, 0.3) is 0 Å². The summed E-state index contributed by atoms with van der Waals surface area (Å²) in [6.45, 7) is 0. The summed E-state index contributed by atoms with van der Waals surface area (Å²) in [6, 6.07) is 0. The van der Waals surface area contributed by atoms with Crippen LogP contribution in [0.2, 0.25) is 0 Å². The third-order valence-corrected chi connectivity index (χ3v) is 0.766. The second-order valence-corrected chi connectivity index (χ2v) is 1.52. The average Bonchev–Trinajstić information content (AvgIpc) is 1.84. The van der Waals surface area contributed by atoms with Crippen molar-refractivity contribution in [3.05, 3.63) is 0 Å². The Balaban J connectivity index is 4.07. The Hall–Kier alpha value is -1.17. The number of carbonyl (C=O) groups is 2. The molecule has 58 valence electrons. The van der Waals surface area contributed by atoms with Crippen molar-refractivity contribution in [2.24, 2.45) is 0 Å². The number of aliphatic hydroxyl groups excluding tert-OH is 1. The van der Waals surface area contributed by atoms with Gasteiger partial charge in [-0.25, -0.2) is 14.0 Å². The number of hydrogen-bond donors (Lipinski definition) is 3. The number of alkyl halides is 1. The van der Waals surface area contributed by atoms with E-state index >= 15 is 0 Å². The van der Waals surface area contributed by atoms with Crippen LogP contribution in [-0.4, -0.2) is 39.5 Å². The normalized spacial score (nSPS) is 15.8.